The minimum absolute atomic E-state index is 0.121. The molecular weight excluding hydrogens is 258 g/mol. The smallest absolute Gasteiger partial charge is 0.190 e. The van der Waals surface area contributed by atoms with E-state index in [1.807, 2.05) is 19.1 Å². The number of para-hydroxylation sites is 1. The van der Waals surface area contributed by atoms with Crippen LogP contribution in [0.3, 0.4) is 0 Å². The molecule has 0 aliphatic carbocycles. The Morgan fingerprint density at radius 2 is 2.32 bits per heavy atom. The molecule has 19 heavy (non-hydrogen) atoms. The van der Waals surface area contributed by atoms with Crippen LogP contribution in [0.25, 0.3) is 0 Å². The van der Waals surface area contributed by atoms with E-state index in [1.165, 1.54) is 11.8 Å². The van der Waals surface area contributed by atoms with Crippen molar-refractivity contribution in [3.63, 3.8) is 0 Å². The molecule has 1 aliphatic rings. The standard InChI is InChI=1S/C15H21NO2S/c1-3-19-14(18)9-12-8-10(2)7-11-5-4-6-13(17)15(11)16-12/h4-6,10,12,16-17H,3,7-9H2,1-2H3/t10?,12-/m1/s1. The molecule has 3 nitrogen and oxygen atoms in total. The molecule has 1 aromatic carbocycles. The fourth-order valence-electron chi connectivity index (χ4n) is 2.69. The van der Waals surface area contributed by atoms with Crippen LogP contribution in [-0.2, 0) is 11.2 Å². The van der Waals surface area contributed by atoms with E-state index in [0.29, 0.717) is 12.3 Å². The number of hydrogen-bond acceptors (Lipinski definition) is 4. The fraction of sp³-hybridized carbons (Fsp3) is 0.533. The largest absolute Gasteiger partial charge is 0.506 e. The third-order valence-corrected chi connectivity index (χ3v) is 4.23. The van der Waals surface area contributed by atoms with Crippen LogP contribution in [0.4, 0.5) is 5.69 Å². The van der Waals surface area contributed by atoms with Gasteiger partial charge in [-0.15, -0.1) is 0 Å². The van der Waals surface area contributed by atoms with E-state index in [1.54, 1.807) is 6.07 Å². The Kier molecular flexibility index (Phi) is 4.75. The van der Waals surface area contributed by atoms with Crippen molar-refractivity contribution in [3.05, 3.63) is 23.8 Å². The number of phenols is 1. The number of phenolic OH excluding ortho intramolecular Hbond substituents is 1. The second-order valence-electron chi connectivity index (χ2n) is 5.21. The number of hydrogen-bond donors (Lipinski definition) is 2. The Labute approximate surface area is 118 Å². The van der Waals surface area contributed by atoms with E-state index in [2.05, 4.69) is 12.2 Å². The minimum Gasteiger partial charge on any atom is -0.506 e. The summed E-state index contributed by atoms with van der Waals surface area (Å²) in [7, 11) is 0. The van der Waals surface area contributed by atoms with Gasteiger partial charge in [-0.1, -0.05) is 37.7 Å². The van der Waals surface area contributed by atoms with E-state index in [0.717, 1.165) is 29.8 Å². The molecule has 1 unspecified atom stereocenters. The van der Waals surface area contributed by atoms with Crippen LogP contribution in [0.2, 0.25) is 0 Å². The molecule has 0 aromatic heterocycles. The molecule has 0 amide bonds. The average Bonchev–Trinajstić information content (AvgIpc) is 2.48. The number of benzene rings is 1. The van der Waals surface area contributed by atoms with Gasteiger partial charge in [0.05, 0.1) is 5.69 Å². The highest BCUT2D eigenvalue weighted by Gasteiger charge is 2.24. The molecule has 104 valence electrons. The fourth-order valence-corrected chi connectivity index (χ4v) is 3.33. The van der Waals surface area contributed by atoms with Crippen LogP contribution in [0.5, 0.6) is 5.75 Å². The summed E-state index contributed by atoms with van der Waals surface area (Å²) in [5, 5.41) is 13.6. The molecule has 1 aliphatic heterocycles. The molecule has 0 fully saturated rings. The van der Waals surface area contributed by atoms with Crippen LogP contribution in [0, 0.1) is 5.92 Å². The van der Waals surface area contributed by atoms with Crippen molar-refractivity contribution in [3.8, 4) is 5.75 Å². The summed E-state index contributed by atoms with van der Waals surface area (Å²) in [6.07, 6.45) is 2.43. The zero-order chi connectivity index (χ0) is 13.8. The van der Waals surface area contributed by atoms with Crippen LogP contribution in [0.15, 0.2) is 18.2 Å². The van der Waals surface area contributed by atoms with Gasteiger partial charge in [0.2, 0.25) is 0 Å². The normalized spacial score (nSPS) is 22.2. The van der Waals surface area contributed by atoms with Crippen molar-refractivity contribution in [2.24, 2.45) is 5.92 Å². The Balaban J connectivity index is 2.16. The summed E-state index contributed by atoms with van der Waals surface area (Å²) in [5.74, 6) is 1.62. The first kappa shape index (κ1) is 14.3. The third-order valence-electron chi connectivity index (χ3n) is 3.45. The van der Waals surface area contributed by atoms with E-state index < -0.39 is 0 Å². The molecule has 0 saturated heterocycles. The summed E-state index contributed by atoms with van der Waals surface area (Å²) in [4.78, 5) is 11.8. The monoisotopic (exact) mass is 279 g/mol. The summed E-state index contributed by atoms with van der Waals surface area (Å²) < 4.78 is 0. The molecule has 0 bridgehead atoms. The zero-order valence-corrected chi connectivity index (χ0v) is 12.3. The molecule has 2 rings (SSSR count). The average molecular weight is 279 g/mol. The van der Waals surface area contributed by atoms with Gasteiger partial charge in [0, 0.05) is 12.5 Å². The van der Waals surface area contributed by atoms with Crippen molar-refractivity contribution in [1.29, 1.82) is 0 Å². The lowest BCUT2D eigenvalue weighted by atomic mass is 9.95. The van der Waals surface area contributed by atoms with E-state index in [-0.39, 0.29) is 16.9 Å². The van der Waals surface area contributed by atoms with Gasteiger partial charge in [-0.25, -0.2) is 0 Å². The van der Waals surface area contributed by atoms with Gasteiger partial charge in [-0.3, -0.25) is 4.79 Å². The summed E-state index contributed by atoms with van der Waals surface area (Å²) >= 11 is 1.38. The topological polar surface area (TPSA) is 49.3 Å². The Bertz CT molecular complexity index is 461. The van der Waals surface area contributed by atoms with Crippen LogP contribution in [0.1, 0.15) is 32.3 Å². The minimum atomic E-state index is 0.121. The van der Waals surface area contributed by atoms with Gasteiger partial charge in [-0.2, -0.15) is 0 Å². The number of anilines is 1. The number of carbonyl (C=O) groups is 1. The number of carbonyl (C=O) groups excluding carboxylic acids is 1. The molecule has 0 spiro atoms. The SMILES string of the molecule is CCSC(=O)C[C@H]1CC(C)Cc2cccc(O)c2N1. The number of nitrogens with one attached hydrogen (secondary N) is 1. The van der Waals surface area contributed by atoms with Crippen molar-refractivity contribution >= 4 is 22.6 Å². The van der Waals surface area contributed by atoms with Crippen molar-refractivity contribution in [1.82, 2.24) is 0 Å². The first-order valence-electron chi connectivity index (χ1n) is 6.83. The summed E-state index contributed by atoms with van der Waals surface area (Å²) in [5.41, 5.74) is 1.96. The highest BCUT2D eigenvalue weighted by molar-refractivity contribution is 8.13. The van der Waals surface area contributed by atoms with E-state index in [9.17, 15) is 9.90 Å². The Hall–Kier alpha value is -1.16. The zero-order valence-electron chi connectivity index (χ0n) is 11.5. The lowest BCUT2D eigenvalue weighted by Crippen LogP contribution is -2.23. The molecular formula is C15H21NO2S. The number of thioether (sulfide) groups is 1. The number of aromatic hydroxyl groups is 1. The van der Waals surface area contributed by atoms with Gasteiger partial charge < -0.3 is 10.4 Å². The van der Waals surface area contributed by atoms with Gasteiger partial charge in [0.1, 0.15) is 5.75 Å². The maximum Gasteiger partial charge on any atom is 0.190 e. The van der Waals surface area contributed by atoms with Crippen LogP contribution >= 0.6 is 11.8 Å². The summed E-state index contributed by atoms with van der Waals surface area (Å²) in [6.45, 7) is 4.19. The Morgan fingerprint density at radius 3 is 3.05 bits per heavy atom. The predicted octanol–water partition coefficient (Wildman–Crippen LogP) is 3.42. The van der Waals surface area contributed by atoms with Crippen LogP contribution < -0.4 is 5.32 Å². The number of fused-ring (bicyclic) bond motifs is 1. The van der Waals surface area contributed by atoms with E-state index in [4.69, 9.17) is 0 Å². The molecule has 0 saturated carbocycles. The highest BCUT2D eigenvalue weighted by atomic mass is 32.2. The second kappa shape index (κ2) is 6.33. The van der Waals surface area contributed by atoms with Gasteiger partial charge in [0.25, 0.3) is 0 Å². The molecule has 1 heterocycles. The molecule has 2 atom stereocenters. The van der Waals surface area contributed by atoms with Gasteiger partial charge in [-0.05, 0) is 36.1 Å². The van der Waals surface area contributed by atoms with E-state index >= 15 is 0 Å². The molecule has 0 radical (unpaired) electrons. The molecule has 4 heteroatoms. The number of rotatable bonds is 3. The maximum absolute atomic E-state index is 11.8. The van der Waals surface area contributed by atoms with Crippen molar-refractivity contribution in [2.75, 3.05) is 11.1 Å². The van der Waals surface area contributed by atoms with Gasteiger partial charge in [0.15, 0.2) is 5.12 Å². The van der Waals surface area contributed by atoms with Gasteiger partial charge >= 0.3 is 0 Å². The lowest BCUT2D eigenvalue weighted by Gasteiger charge is -2.19. The highest BCUT2D eigenvalue weighted by Crippen LogP contribution is 2.34. The summed E-state index contributed by atoms with van der Waals surface area (Å²) in [6, 6.07) is 5.74. The first-order valence-corrected chi connectivity index (χ1v) is 7.81. The van der Waals surface area contributed by atoms with Crippen molar-refractivity contribution in [2.45, 2.75) is 39.2 Å². The Morgan fingerprint density at radius 1 is 1.53 bits per heavy atom. The van der Waals surface area contributed by atoms with Crippen molar-refractivity contribution < 1.29 is 9.90 Å². The second-order valence-corrected chi connectivity index (χ2v) is 6.53. The van der Waals surface area contributed by atoms with Crippen LogP contribution in [-0.4, -0.2) is 22.0 Å². The molecule has 1 aromatic rings. The lowest BCUT2D eigenvalue weighted by molar-refractivity contribution is -0.111. The first-order chi connectivity index (χ1) is 9.10. The predicted molar refractivity (Wildman–Crippen MR) is 80.8 cm³/mol. The molecule has 2 N–H and O–H groups in total. The maximum atomic E-state index is 11.8. The quantitative estimate of drug-likeness (QED) is 0.832. The third kappa shape index (κ3) is 3.66.